The van der Waals surface area contributed by atoms with Crippen molar-refractivity contribution in [1.82, 2.24) is 9.55 Å². The molecule has 0 bridgehead atoms. The Bertz CT molecular complexity index is 800. The molecule has 2 saturated heterocycles. The van der Waals surface area contributed by atoms with Crippen LogP contribution in [-0.4, -0.2) is 62.9 Å². The summed E-state index contributed by atoms with van der Waals surface area (Å²) in [5.41, 5.74) is 4.03. The van der Waals surface area contributed by atoms with Gasteiger partial charge in [-0.1, -0.05) is 0 Å². The Morgan fingerprint density at radius 2 is 1.77 bits per heavy atom. The van der Waals surface area contributed by atoms with E-state index in [9.17, 15) is 15.3 Å². The van der Waals surface area contributed by atoms with Crippen molar-refractivity contribution in [2.45, 2.75) is 57.6 Å². The molecule has 1 aromatic heterocycles. The number of rotatable bonds is 3. The van der Waals surface area contributed by atoms with Crippen LogP contribution in [0.25, 0.3) is 11.0 Å². The van der Waals surface area contributed by atoms with Gasteiger partial charge < -0.3 is 25.0 Å². The second kappa shape index (κ2) is 6.81. The van der Waals surface area contributed by atoms with E-state index in [1.54, 1.807) is 0 Å². The predicted molar refractivity (Wildman–Crippen MR) is 98.3 cm³/mol. The van der Waals surface area contributed by atoms with Crippen LogP contribution in [0.1, 0.15) is 36.6 Å². The summed E-state index contributed by atoms with van der Waals surface area (Å²) in [5.74, 6) is 0.763. The molecule has 7 nitrogen and oxygen atoms in total. The summed E-state index contributed by atoms with van der Waals surface area (Å²) in [4.78, 5) is 7.07. The molecule has 2 fully saturated rings. The number of hydrogen-bond acceptors (Lipinski definition) is 6. The minimum absolute atomic E-state index is 0.335. The summed E-state index contributed by atoms with van der Waals surface area (Å²) in [6, 6.07) is 4.11. The maximum Gasteiger partial charge on any atom is 0.208 e. The van der Waals surface area contributed by atoms with E-state index in [1.165, 1.54) is 6.42 Å². The van der Waals surface area contributed by atoms with Crippen molar-refractivity contribution in [3.05, 3.63) is 23.3 Å². The van der Waals surface area contributed by atoms with Crippen LogP contribution in [0.3, 0.4) is 0 Å². The number of nitrogens with zero attached hydrogens (tertiary/aromatic N) is 3. The molecular formula is C19H27N3O4. The van der Waals surface area contributed by atoms with Crippen LogP contribution in [0.15, 0.2) is 12.1 Å². The SMILES string of the molecule is Cc1cc2nc(N3CCCCC3)n([C@H]3O[C@@H](CO)[C@@H](O)[C@@H]3O)c2cc1C. The first kappa shape index (κ1) is 17.7. The van der Waals surface area contributed by atoms with Gasteiger partial charge in [0.05, 0.1) is 17.6 Å². The zero-order valence-electron chi connectivity index (χ0n) is 15.3. The van der Waals surface area contributed by atoms with Crippen molar-refractivity contribution in [2.75, 3.05) is 24.6 Å². The van der Waals surface area contributed by atoms with Gasteiger partial charge in [-0.2, -0.15) is 0 Å². The van der Waals surface area contributed by atoms with Gasteiger partial charge in [0.1, 0.15) is 18.3 Å². The van der Waals surface area contributed by atoms with Crippen molar-refractivity contribution in [3.8, 4) is 0 Å². The lowest BCUT2D eigenvalue weighted by Gasteiger charge is -2.30. The van der Waals surface area contributed by atoms with Crippen LogP contribution in [0, 0.1) is 13.8 Å². The van der Waals surface area contributed by atoms with Crippen molar-refractivity contribution in [1.29, 1.82) is 0 Å². The topological polar surface area (TPSA) is 91.0 Å². The van der Waals surface area contributed by atoms with Crippen LogP contribution in [0.5, 0.6) is 0 Å². The summed E-state index contributed by atoms with van der Waals surface area (Å²) in [7, 11) is 0. The largest absolute Gasteiger partial charge is 0.394 e. The molecular weight excluding hydrogens is 334 g/mol. The van der Waals surface area contributed by atoms with Crippen molar-refractivity contribution >= 4 is 17.0 Å². The van der Waals surface area contributed by atoms with Gasteiger partial charge in [0, 0.05) is 13.1 Å². The molecule has 2 aliphatic rings. The van der Waals surface area contributed by atoms with Gasteiger partial charge in [-0.25, -0.2) is 4.98 Å². The molecule has 7 heteroatoms. The lowest BCUT2D eigenvalue weighted by atomic mass is 10.1. The molecule has 3 N–H and O–H groups in total. The van der Waals surface area contributed by atoms with Crippen LogP contribution >= 0.6 is 0 Å². The number of ether oxygens (including phenoxy) is 1. The third kappa shape index (κ3) is 2.79. The monoisotopic (exact) mass is 361 g/mol. The fourth-order valence-corrected chi connectivity index (χ4v) is 4.00. The summed E-state index contributed by atoms with van der Waals surface area (Å²) in [5, 5.41) is 30.2. The highest BCUT2D eigenvalue weighted by molar-refractivity contribution is 5.81. The average molecular weight is 361 g/mol. The number of hydrogen-bond donors (Lipinski definition) is 3. The van der Waals surface area contributed by atoms with E-state index in [2.05, 4.69) is 24.0 Å². The highest BCUT2D eigenvalue weighted by atomic mass is 16.6. The zero-order chi connectivity index (χ0) is 18.4. The molecule has 26 heavy (non-hydrogen) atoms. The maximum absolute atomic E-state index is 10.6. The predicted octanol–water partition coefficient (Wildman–Crippen LogP) is 1.25. The minimum Gasteiger partial charge on any atom is -0.394 e. The van der Waals surface area contributed by atoms with E-state index < -0.39 is 24.5 Å². The van der Waals surface area contributed by atoms with Crippen molar-refractivity contribution in [2.24, 2.45) is 0 Å². The Kier molecular flexibility index (Phi) is 4.64. The molecule has 2 aromatic rings. The Balaban J connectivity index is 1.86. The van der Waals surface area contributed by atoms with E-state index in [0.29, 0.717) is 0 Å². The molecule has 0 unspecified atom stereocenters. The van der Waals surface area contributed by atoms with Crippen LogP contribution in [-0.2, 0) is 4.74 Å². The Morgan fingerprint density at radius 3 is 2.42 bits per heavy atom. The van der Waals surface area contributed by atoms with Crippen LogP contribution < -0.4 is 4.90 Å². The number of aromatic nitrogens is 2. The Hall–Kier alpha value is -1.67. The van der Waals surface area contributed by atoms with Crippen LogP contribution in [0.4, 0.5) is 5.95 Å². The number of piperidine rings is 1. The summed E-state index contributed by atoms with van der Waals surface area (Å²) in [6.45, 7) is 5.59. The molecule has 2 aliphatic heterocycles. The summed E-state index contributed by atoms with van der Waals surface area (Å²) >= 11 is 0. The Morgan fingerprint density at radius 1 is 1.08 bits per heavy atom. The summed E-state index contributed by atoms with van der Waals surface area (Å²) in [6.07, 6.45) is -0.380. The average Bonchev–Trinajstić information content (AvgIpc) is 3.14. The van der Waals surface area contributed by atoms with E-state index in [4.69, 9.17) is 9.72 Å². The minimum atomic E-state index is -1.12. The quantitative estimate of drug-likeness (QED) is 0.762. The zero-order valence-corrected chi connectivity index (χ0v) is 15.3. The molecule has 0 radical (unpaired) electrons. The first-order valence-electron chi connectivity index (χ1n) is 9.38. The first-order chi connectivity index (χ1) is 12.5. The van der Waals surface area contributed by atoms with E-state index >= 15 is 0 Å². The molecule has 0 spiro atoms. The molecule has 1 aromatic carbocycles. The number of aliphatic hydroxyl groups excluding tert-OH is 3. The summed E-state index contributed by atoms with van der Waals surface area (Å²) < 4.78 is 7.73. The molecule has 4 atom stereocenters. The third-order valence-electron chi connectivity index (χ3n) is 5.70. The number of imidazole rings is 1. The van der Waals surface area contributed by atoms with Crippen LogP contribution in [0.2, 0.25) is 0 Å². The number of aryl methyl sites for hydroxylation is 2. The smallest absolute Gasteiger partial charge is 0.208 e. The number of anilines is 1. The fourth-order valence-electron chi connectivity index (χ4n) is 4.00. The lowest BCUT2D eigenvalue weighted by molar-refractivity contribution is -0.0502. The van der Waals surface area contributed by atoms with Gasteiger partial charge in [-0.15, -0.1) is 0 Å². The highest BCUT2D eigenvalue weighted by Gasteiger charge is 2.45. The van der Waals surface area contributed by atoms with Gasteiger partial charge in [0.2, 0.25) is 5.95 Å². The molecule has 4 rings (SSSR count). The normalized spacial score (nSPS) is 29.7. The van der Waals surface area contributed by atoms with Gasteiger partial charge in [-0.3, -0.25) is 4.57 Å². The van der Waals surface area contributed by atoms with E-state index in [-0.39, 0.29) is 6.61 Å². The second-order valence-electron chi connectivity index (χ2n) is 7.48. The molecule has 3 heterocycles. The second-order valence-corrected chi connectivity index (χ2v) is 7.48. The number of fused-ring (bicyclic) bond motifs is 1. The van der Waals surface area contributed by atoms with E-state index in [1.807, 2.05) is 11.5 Å². The van der Waals surface area contributed by atoms with Crippen molar-refractivity contribution in [3.63, 3.8) is 0 Å². The number of benzene rings is 1. The molecule has 0 saturated carbocycles. The first-order valence-corrected chi connectivity index (χ1v) is 9.38. The molecule has 142 valence electrons. The van der Waals surface area contributed by atoms with Gasteiger partial charge >= 0.3 is 0 Å². The van der Waals surface area contributed by atoms with Crippen molar-refractivity contribution < 1.29 is 20.1 Å². The fraction of sp³-hybridized carbons (Fsp3) is 0.632. The number of aliphatic hydroxyl groups is 3. The van der Waals surface area contributed by atoms with Gasteiger partial charge in [-0.05, 0) is 56.4 Å². The molecule has 0 amide bonds. The third-order valence-corrected chi connectivity index (χ3v) is 5.70. The molecule has 0 aliphatic carbocycles. The lowest BCUT2D eigenvalue weighted by Crippen LogP contribution is -2.35. The van der Waals surface area contributed by atoms with Gasteiger partial charge in [0.25, 0.3) is 0 Å². The highest BCUT2D eigenvalue weighted by Crippen LogP contribution is 2.37. The van der Waals surface area contributed by atoms with Gasteiger partial charge in [0.15, 0.2) is 6.23 Å². The maximum atomic E-state index is 10.6. The van der Waals surface area contributed by atoms with E-state index in [0.717, 1.165) is 54.0 Å². The standard InChI is InChI=1S/C19H27N3O4/c1-11-8-13-14(9-12(11)2)22(18-17(25)16(24)15(10-23)26-18)19(20-13)21-6-4-3-5-7-21/h8-9,15-18,23-25H,3-7,10H2,1-2H3/t15-,16+,17-,18-/m0/s1. The Labute approximate surface area is 152 Å².